The molecular weight excluding hydrogens is 330 g/mol. The predicted molar refractivity (Wildman–Crippen MR) is 97.6 cm³/mol. The van der Waals surface area contributed by atoms with E-state index in [4.69, 9.17) is 0 Å². The maximum absolute atomic E-state index is 12.3. The van der Waals surface area contributed by atoms with Gasteiger partial charge in [-0.1, -0.05) is 30.3 Å². The van der Waals surface area contributed by atoms with Crippen molar-refractivity contribution in [1.82, 2.24) is 29.9 Å². The monoisotopic (exact) mass is 351 g/mol. The van der Waals surface area contributed by atoms with Gasteiger partial charge in [-0.25, -0.2) is 4.79 Å². The molecule has 0 saturated carbocycles. The summed E-state index contributed by atoms with van der Waals surface area (Å²) < 4.78 is 3.76. The first-order valence-corrected chi connectivity index (χ1v) is 8.68. The first-order valence-electron chi connectivity index (χ1n) is 8.68. The van der Waals surface area contributed by atoms with Gasteiger partial charge in [-0.3, -0.25) is 10.00 Å². The molecule has 1 aliphatic heterocycles. The van der Waals surface area contributed by atoms with E-state index in [1.165, 1.54) is 0 Å². The standard InChI is InChI=1S/C18H21N7O/c1-12-16(13-7-4-3-5-8-13)23-24(2)17(12)20-18(26)19-11-15-22-21-14-9-6-10-25(14)15/h3-5,7-8H,6,9-11H2,1-2H3,(H2,19,20,26). The number of nitrogens with one attached hydrogen (secondary N) is 2. The van der Waals surface area contributed by atoms with E-state index in [2.05, 4.69) is 30.5 Å². The normalized spacial score (nSPS) is 12.8. The minimum Gasteiger partial charge on any atom is -0.331 e. The third kappa shape index (κ3) is 2.94. The summed E-state index contributed by atoms with van der Waals surface area (Å²) in [6, 6.07) is 9.64. The molecule has 2 N–H and O–H groups in total. The number of carbonyl (C=O) groups excluding carboxylic acids is 1. The topological polar surface area (TPSA) is 89.7 Å². The summed E-state index contributed by atoms with van der Waals surface area (Å²) in [6.07, 6.45) is 2.04. The molecule has 0 fully saturated rings. The van der Waals surface area contributed by atoms with E-state index < -0.39 is 0 Å². The van der Waals surface area contributed by atoms with Crippen LogP contribution in [0.3, 0.4) is 0 Å². The average Bonchev–Trinajstić information content (AvgIpc) is 3.32. The van der Waals surface area contributed by atoms with E-state index in [0.717, 1.165) is 47.9 Å². The van der Waals surface area contributed by atoms with Crippen molar-refractivity contribution in [2.24, 2.45) is 7.05 Å². The molecule has 3 heterocycles. The van der Waals surface area contributed by atoms with Gasteiger partial charge in [0.25, 0.3) is 0 Å². The Morgan fingerprint density at radius 2 is 2.04 bits per heavy atom. The second-order valence-corrected chi connectivity index (χ2v) is 6.41. The number of nitrogens with zero attached hydrogens (tertiary/aromatic N) is 5. The van der Waals surface area contributed by atoms with Gasteiger partial charge in [0.05, 0.1) is 12.2 Å². The maximum Gasteiger partial charge on any atom is 0.320 e. The Hall–Kier alpha value is -3.16. The van der Waals surface area contributed by atoms with Crippen molar-refractivity contribution in [2.75, 3.05) is 5.32 Å². The van der Waals surface area contributed by atoms with Gasteiger partial charge in [-0.15, -0.1) is 10.2 Å². The number of rotatable bonds is 4. The third-order valence-corrected chi connectivity index (χ3v) is 4.66. The van der Waals surface area contributed by atoms with Gasteiger partial charge in [0.2, 0.25) is 0 Å². The van der Waals surface area contributed by atoms with Gasteiger partial charge in [0.1, 0.15) is 11.6 Å². The van der Waals surface area contributed by atoms with Crippen molar-refractivity contribution in [3.8, 4) is 11.3 Å². The second-order valence-electron chi connectivity index (χ2n) is 6.41. The van der Waals surface area contributed by atoms with Gasteiger partial charge < -0.3 is 9.88 Å². The maximum atomic E-state index is 12.3. The summed E-state index contributed by atoms with van der Waals surface area (Å²) in [5, 5.41) is 18.6. The van der Waals surface area contributed by atoms with Crippen LogP contribution in [0, 0.1) is 6.92 Å². The largest absolute Gasteiger partial charge is 0.331 e. The van der Waals surface area contributed by atoms with Crippen molar-refractivity contribution >= 4 is 11.8 Å². The van der Waals surface area contributed by atoms with Gasteiger partial charge in [-0.05, 0) is 13.3 Å². The van der Waals surface area contributed by atoms with E-state index in [-0.39, 0.29) is 6.03 Å². The Bertz CT molecular complexity index is 942. The van der Waals surface area contributed by atoms with Gasteiger partial charge in [0, 0.05) is 31.1 Å². The molecule has 0 unspecified atom stereocenters. The van der Waals surface area contributed by atoms with Crippen LogP contribution in [0.15, 0.2) is 30.3 Å². The van der Waals surface area contributed by atoms with Gasteiger partial charge >= 0.3 is 6.03 Å². The summed E-state index contributed by atoms with van der Waals surface area (Å²) in [6.45, 7) is 3.22. The fourth-order valence-electron chi connectivity index (χ4n) is 3.33. The van der Waals surface area contributed by atoms with E-state index >= 15 is 0 Å². The van der Waals surface area contributed by atoms with Crippen molar-refractivity contribution in [1.29, 1.82) is 0 Å². The molecule has 4 rings (SSSR count). The summed E-state index contributed by atoms with van der Waals surface area (Å²) in [5.74, 6) is 2.46. The molecule has 0 saturated heterocycles. The summed E-state index contributed by atoms with van der Waals surface area (Å²) in [4.78, 5) is 12.3. The lowest BCUT2D eigenvalue weighted by atomic mass is 10.1. The lowest BCUT2D eigenvalue weighted by Gasteiger charge is -2.09. The molecule has 134 valence electrons. The Morgan fingerprint density at radius 3 is 2.85 bits per heavy atom. The number of aromatic nitrogens is 5. The first-order chi connectivity index (χ1) is 12.6. The molecule has 2 aromatic heterocycles. The van der Waals surface area contributed by atoms with E-state index in [1.807, 2.05) is 44.3 Å². The van der Waals surface area contributed by atoms with Gasteiger partial charge in [0.15, 0.2) is 5.82 Å². The number of carbonyl (C=O) groups is 1. The predicted octanol–water partition coefficient (Wildman–Crippen LogP) is 2.25. The fourth-order valence-corrected chi connectivity index (χ4v) is 3.33. The molecule has 1 aliphatic rings. The smallest absolute Gasteiger partial charge is 0.320 e. The number of anilines is 1. The molecule has 1 aromatic carbocycles. The number of hydrogen-bond acceptors (Lipinski definition) is 4. The molecule has 8 nitrogen and oxygen atoms in total. The highest BCUT2D eigenvalue weighted by molar-refractivity contribution is 5.90. The number of urea groups is 1. The number of amides is 2. The summed E-state index contributed by atoms with van der Waals surface area (Å²) >= 11 is 0. The van der Waals surface area contributed by atoms with Crippen molar-refractivity contribution in [2.45, 2.75) is 32.9 Å². The minimum atomic E-state index is -0.286. The Balaban J connectivity index is 1.45. The van der Waals surface area contributed by atoms with E-state index in [1.54, 1.807) is 4.68 Å². The highest BCUT2D eigenvalue weighted by atomic mass is 16.2. The van der Waals surface area contributed by atoms with Crippen LogP contribution in [0.4, 0.5) is 10.6 Å². The Labute approximate surface area is 151 Å². The second kappa shape index (κ2) is 6.62. The minimum absolute atomic E-state index is 0.286. The van der Waals surface area contributed by atoms with E-state index in [0.29, 0.717) is 12.4 Å². The molecule has 0 atom stereocenters. The van der Waals surface area contributed by atoms with Crippen LogP contribution in [0.5, 0.6) is 0 Å². The van der Waals surface area contributed by atoms with Crippen LogP contribution in [0.25, 0.3) is 11.3 Å². The lowest BCUT2D eigenvalue weighted by Crippen LogP contribution is -2.30. The van der Waals surface area contributed by atoms with Crippen LogP contribution in [0.1, 0.15) is 23.6 Å². The van der Waals surface area contributed by atoms with Crippen LogP contribution in [-0.4, -0.2) is 30.6 Å². The zero-order chi connectivity index (χ0) is 18.1. The fraction of sp³-hybridized carbons (Fsp3) is 0.333. The van der Waals surface area contributed by atoms with Crippen molar-refractivity contribution in [3.63, 3.8) is 0 Å². The van der Waals surface area contributed by atoms with Crippen LogP contribution < -0.4 is 10.6 Å². The number of hydrogen-bond donors (Lipinski definition) is 2. The van der Waals surface area contributed by atoms with Crippen LogP contribution >= 0.6 is 0 Å². The molecular formula is C18H21N7O. The lowest BCUT2D eigenvalue weighted by molar-refractivity contribution is 0.251. The molecule has 26 heavy (non-hydrogen) atoms. The van der Waals surface area contributed by atoms with Gasteiger partial charge in [-0.2, -0.15) is 5.10 Å². The molecule has 0 spiro atoms. The SMILES string of the molecule is Cc1c(-c2ccccc2)nn(C)c1NC(=O)NCc1nnc2n1CCC2. The molecule has 0 bridgehead atoms. The van der Waals surface area contributed by atoms with Crippen molar-refractivity contribution in [3.05, 3.63) is 47.5 Å². The highest BCUT2D eigenvalue weighted by Crippen LogP contribution is 2.27. The van der Waals surface area contributed by atoms with Crippen molar-refractivity contribution < 1.29 is 4.79 Å². The van der Waals surface area contributed by atoms with Crippen LogP contribution in [-0.2, 0) is 26.6 Å². The number of aryl methyl sites for hydroxylation is 2. The molecule has 8 heteroatoms. The van der Waals surface area contributed by atoms with Crippen LogP contribution in [0.2, 0.25) is 0 Å². The third-order valence-electron chi connectivity index (χ3n) is 4.66. The quantitative estimate of drug-likeness (QED) is 0.754. The zero-order valence-corrected chi connectivity index (χ0v) is 14.9. The summed E-state index contributed by atoms with van der Waals surface area (Å²) in [5.41, 5.74) is 2.81. The molecule has 3 aromatic rings. The van der Waals surface area contributed by atoms with E-state index in [9.17, 15) is 4.79 Å². The number of benzene rings is 1. The molecule has 0 radical (unpaired) electrons. The number of fused-ring (bicyclic) bond motifs is 1. The highest BCUT2D eigenvalue weighted by Gasteiger charge is 2.19. The molecule has 2 amide bonds. The average molecular weight is 351 g/mol. The first kappa shape index (κ1) is 16.3. The Morgan fingerprint density at radius 1 is 1.23 bits per heavy atom. The zero-order valence-electron chi connectivity index (χ0n) is 14.9. The summed E-state index contributed by atoms with van der Waals surface area (Å²) in [7, 11) is 1.82. The Kier molecular flexibility index (Phi) is 4.16. The molecule has 0 aliphatic carbocycles.